The lowest BCUT2D eigenvalue weighted by Gasteiger charge is -2.14. The minimum Gasteiger partial charge on any atom is -0.492 e. The summed E-state index contributed by atoms with van der Waals surface area (Å²) in [6, 6.07) is 3.61. The summed E-state index contributed by atoms with van der Waals surface area (Å²) in [6.45, 7) is 0.989. The molecule has 0 aliphatic carbocycles. The number of nitrogens with zero attached hydrogens (tertiary/aromatic N) is 1. The van der Waals surface area contributed by atoms with Crippen molar-refractivity contribution in [3.05, 3.63) is 23.8 Å². The molecule has 0 amide bonds. The molecule has 0 unspecified atom stereocenters. The second-order valence-electron chi connectivity index (χ2n) is 4.15. The van der Waals surface area contributed by atoms with Gasteiger partial charge in [0.15, 0.2) is 0 Å². The Kier molecular flexibility index (Phi) is 4.84. The van der Waals surface area contributed by atoms with Gasteiger partial charge in [0, 0.05) is 25.3 Å². The predicted molar refractivity (Wildman–Crippen MR) is 65.0 cm³/mol. The maximum atomic E-state index is 12.6. The van der Waals surface area contributed by atoms with Gasteiger partial charge in [0.25, 0.3) is 0 Å². The number of hydrogen-bond donors (Lipinski definition) is 1. The Morgan fingerprint density at radius 3 is 2.39 bits per heavy atom. The lowest BCUT2D eigenvalue weighted by Crippen LogP contribution is -2.19. The molecule has 1 aromatic rings. The Morgan fingerprint density at radius 2 is 1.89 bits per heavy atom. The Bertz CT molecular complexity index is 391. The topological polar surface area (TPSA) is 24.5 Å². The molecule has 0 spiro atoms. The fraction of sp³-hybridized carbons (Fsp3) is 0.500. The minimum absolute atomic E-state index is 0.219. The molecular formula is C12H17F3N2O. The first-order valence-corrected chi connectivity index (χ1v) is 5.50. The summed E-state index contributed by atoms with van der Waals surface area (Å²) >= 11 is 0. The van der Waals surface area contributed by atoms with E-state index in [2.05, 4.69) is 5.32 Å². The maximum absolute atomic E-state index is 12.6. The van der Waals surface area contributed by atoms with Crippen LogP contribution in [0.15, 0.2) is 18.2 Å². The zero-order valence-electron chi connectivity index (χ0n) is 10.6. The molecule has 0 bridgehead atoms. The van der Waals surface area contributed by atoms with Crippen molar-refractivity contribution < 1.29 is 17.9 Å². The van der Waals surface area contributed by atoms with Crippen LogP contribution < -0.4 is 10.1 Å². The van der Waals surface area contributed by atoms with Crippen LogP contribution in [0.4, 0.5) is 18.9 Å². The highest BCUT2D eigenvalue weighted by atomic mass is 19.4. The molecule has 0 saturated heterocycles. The van der Waals surface area contributed by atoms with Crippen molar-refractivity contribution in [2.45, 2.75) is 6.18 Å². The van der Waals surface area contributed by atoms with Crippen LogP contribution in [-0.2, 0) is 6.18 Å². The third-order valence-electron chi connectivity index (χ3n) is 2.33. The first kappa shape index (κ1) is 14.6. The van der Waals surface area contributed by atoms with Gasteiger partial charge in [-0.2, -0.15) is 13.2 Å². The minimum atomic E-state index is -4.37. The number of halogens is 3. The third-order valence-corrected chi connectivity index (χ3v) is 2.33. The van der Waals surface area contributed by atoms with Crippen LogP contribution in [0.2, 0.25) is 0 Å². The van der Waals surface area contributed by atoms with Gasteiger partial charge in [-0.05, 0) is 26.2 Å². The van der Waals surface area contributed by atoms with Gasteiger partial charge in [-0.3, -0.25) is 0 Å². The zero-order valence-corrected chi connectivity index (χ0v) is 10.6. The lowest BCUT2D eigenvalue weighted by molar-refractivity contribution is -0.137. The number of rotatable bonds is 5. The Hall–Kier alpha value is -1.43. The first-order valence-electron chi connectivity index (χ1n) is 5.50. The van der Waals surface area contributed by atoms with Crippen LogP contribution in [0.5, 0.6) is 5.75 Å². The summed E-state index contributed by atoms with van der Waals surface area (Å²) in [5, 5.41) is 2.69. The molecule has 3 nitrogen and oxygen atoms in total. The monoisotopic (exact) mass is 262 g/mol. The number of ether oxygens (including phenoxy) is 1. The standard InChI is InChI=1S/C12H17F3N2O/c1-16-10-6-9(12(13,14)15)7-11(8-10)18-5-4-17(2)3/h6-8,16H,4-5H2,1-3H3. The number of alkyl halides is 3. The van der Waals surface area contributed by atoms with Crippen LogP contribution in [-0.4, -0.2) is 39.2 Å². The molecule has 0 fully saturated rings. The SMILES string of the molecule is CNc1cc(OCCN(C)C)cc(C(F)(F)F)c1. The van der Waals surface area contributed by atoms with E-state index in [0.717, 1.165) is 12.1 Å². The first-order chi connectivity index (χ1) is 8.32. The summed E-state index contributed by atoms with van der Waals surface area (Å²) in [7, 11) is 5.31. The van der Waals surface area contributed by atoms with E-state index in [9.17, 15) is 13.2 Å². The molecule has 1 N–H and O–H groups in total. The maximum Gasteiger partial charge on any atom is 0.416 e. The molecular weight excluding hydrogens is 245 g/mol. The molecule has 1 rings (SSSR count). The summed E-state index contributed by atoms with van der Waals surface area (Å²) in [6.07, 6.45) is -4.37. The van der Waals surface area contributed by atoms with E-state index in [-0.39, 0.29) is 5.75 Å². The number of likely N-dealkylation sites (N-methyl/N-ethyl adjacent to an activating group) is 1. The van der Waals surface area contributed by atoms with E-state index in [0.29, 0.717) is 18.8 Å². The molecule has 0 aromatic heterocycles. The van der Waals surface area contributed by atoms with Crippen LogP contribution in [0.1, 0.15) is 5.56 Å². The van der Waals surface area contributed by atoms with E-state index >= 15 is 0 Å². The van der Waals surface area contributed by atoms with E-state index < -0.39 is 11.7 Å². The highest BCUT2D eigenvalue weighted by Crippen LogP contribution is 2.34. The van der Waals surface area contributed by atoms with Gasteiger partial charge in [-0.15, -0.1) is 0 Å². The van der Waals surface area contributed by atoms with Crippen LogP contribution in [0, 0.1) is 0 Å². The fourth-order valence-corrected chi connectivity index (χ4v) is 1.34. The van der Waals surface area contributed by atoms with Crippen molar-refractivity contribution in [3.8, 4) is 5.75 Å². The van der Waals surface area contributed by atoms with E-state index in [1.54, 1.807) is 13.1 Å². The largest absolute Gasteiger partial charge is 0.492 e. The highest BCUT2D eigenvalue weighted by molar-refractivity contribution is 5.51. The molecule has 0 radical (unpaired) electrons. The third kappa shape index (κ3) is 4.44. The Morgan fingerprint density at radius 1 is 1.22 bits per heavy atom. The lowest BCUT2D eigenvalue weighted by atomic mass is 10.2. The van der Waals surface area contributed by atoms with Gasteiger partial charge in [-0.25, -0.2) is 0 Å². The van der Waals surface area contributed by atoms with Gasteiger partial charge in [0.2, 0.25) is 0 Å². The summed E-state index contributed by atoms with van der Waals surface area (Å²) in [5.41, 5.74) is -0.334. The van der Waals surface area contributed by atoms with Crippen molar-refractivity contribution in [2.75, 3.05) is 39.6 Å². The average molecular weight is 262 g/mol. The van der Waals surface area contributed by atoms with Gasteiger partial charge in [-0.1, -0.05) is 0 Å². The van der Waals surface area contributed by atoms with Crippen molar-refractivity contribution in [1.29, 1.82) is 0 Å². The van der Waals surface area contributed by atoms with Crippen molar-refractivity contribution in [1.82, 2.24) is 4.90 Å². The van der Waals surface area contributed by atoms with Crippen LogP contribution in [0.3, 0.4) is 0 Å². The molecule has 1 aromatic carbocycles. The van der Waals surface area contributed by atoms with Crippen LogP contribution in [0.25, 0.3) is 0 Å². The van der Waals surface area contributed by atoms with Gasteiger partial charge in [0.1, 0.15) is 12.4 Å². The number of hydrogen-bond acceptors (Lipinski definition) is 3. The molecule has 0 aliphatic rings. The number of anilines is 1. The normalized spacial score (nSPS) is 11.7. The summed E-state index contributed by atoms with van der Waals surface area (Å²) < 4.78 is 43.2. The van der Waals surface area contributed by atoms with Crippen molar-refractivity contribution in [2.24, 2.45) is 0 Å². The van der Waals surface area contributed by atoms with E-state index in [1.807, 2.05) is 19.0 Å². The van der Waals surface area contributed by atoms with Gasteiger partial charge >= 0.3 is 6.18 Å². The smallest absolute Gasteiger partial charge is 0.416 e. The Balaban J connectivity index is 2.84. The van der Waals surface area contributed by atoms with E-state index in [4.69, 9.17) is 4.74 Å². The highest BCUT2D eigenvalue weighted by Gasteiger charge is 2.31. The molecule has 6 heteroatoms. The summed E-state index contributed by atoms with van der Waals surface area (Å²) in [5.74, 6) is 0.219. The second-order valence-corrected chi connectivity index (χ2v) is 4.15. The second kappa shape index (κ2) is 5.95. The molecule has 0 saturated carbocycles. The number of benzene rings is 1. The zero-order chi connectivity index (χ0) is 13.8. The fourth-order valence-electron chi connectivity index (χ4n) is 1.34. The summed E-state index contributed by atoms with van der Waals surface area (Å²) in [4.78, 5) is 1.90. The molecule has 0 heterocycles. The van der Waals surface area contributed by atoms with Crippen molar-refractivity contribution in [3.63, 3.8) is 0 Å². The molecule has 0 aliphatic heterocycles. The molecule has 102 valence electrons. The van der Waals surface area contributed by atoms with E-state index in [1.165, 1.54) is 0 Å². The quantitative estimate of drug-likeness (QED) is 0.883. The van der Waals surface area contributed by atoms with Gasteiger partial charge < -0.3 is 15.0 Å². The van der Waals surface area contributed by atoms with Crippen LogP contribution >= 0.6 is 0 Å². The number of nitrogens with one attached hydrogen (secondary N) is 1. The molecule has 0 atom stereocenters. The predicted octanol–water partition coefficient (Wildman–Crippen LogP) is 2.69. The van der Waals surface area contributed by atoms with Gasteiger partial charge in [0.05, 0.1) is 5.56 Å². The average Bonchev–Trinajstić information content (AvgIpc) is 2.27. The Labute approximate surface area is 105 Å². The molecule has 18 heavy (non-hydrogen) atoms. The van der Waals surface area contributed by atoms with Crippen molar-refractivity contribution >= 4 is 5.69 Å².